The fourth-order valence-corrected chi connectivity index (χ4v) is 4.81. The van der Waals surface area contributed by atoms with Crippen molar-refractivity contribution < 1.29 is 9.53 Å². The summed E-state index contributed by atoms with van der Waals surface area (Å²) in [5.41, 5.74) is 2.31. The zero-order chi connectivity index (χ0) is 25.8. The minimum atomic E-state index is -0.180. The van der Waals surface area contributed by atoms with Crippen LogP contribution in [0.15, 0.2) is 47.7 Å². The number of rotatable bonds is 6. The quantitative estimate of drug-likeness (QED) is 0.538. The highest BCUT2D eigenvalue weighted by Gasteiger charge is 2.28. The molecule has 2 fully saturated rings. The molecular formula is C26H28N8O3. The minimum absolute atomic E-state index is 0.0430. The molecule has 190 valence electrons. The summed E-state index contributed by atoms with van der Waals surface area (Å²) in [5.74, 6) is 1.16. The summed E-state index contributed by atoms with van der Waals surface area (Å²) in [6, 6.07) is 9.43. The lowest BCUT2D eigenvalue weighted by molar-refractivity contribution is 0.0745. The van der Waals surface area contributed by atoms with Gasteiger partial charge in [0.1, 0.15) is 18.4 Å². The van der Waals surface area contributed by atoms with Gasteiger partial charge in [0.15, 0.2) is 0 Å². The van der Waals surface area contributed by atoms with Crippen LogP contribution in [0.1, 0.15) is 34.3 Å². The van der Waals surface area contributed by atoms with Gasteiger partial charge in [0.2, 0.25) is 5.95 Å². The Morgan fingerprint density at radius 1 is 1.16 bits per heavy atom. The Hall–Kier alpha value is -4.46. The maximum atomic E-state index is 13.2. The van der Waals surface area contributed by atoms with E-state index in [0.717, 1.165) is 25.1 Å². The van der Waals surface area contributed by atoms with Crippen LogP contribution >= 0.6 is 0 Å². The third kappa shape index (κ3) is 5.23. The average Bonchev–Trinajstić information content (AvgIpc) is 3.42. The number of hydrogen-bond acceptors (Lipinski definition) is 9. The second-order valence-electron chi connectivity index (χ2n) is 9.20. The molecule has 2 saturated heterocycles. The number of benzene rings is 1. The molecule has 1 N–H and O–H groups in total. The van der Waals surface area contributed by atoms with Gasteiger partial charge >= 0.3 is 0 Å². The van der Waals surface area contributed by atoms with Gasteiger partial charge in [-0.3, -0.25) is 9.59 Å². The monoisotopic (exact) mass is 500 g/mol. The number of aromatic amines is 1. The molecule has 4 heterocycles. The third-order valence-corrected chi connectivity index (χ3v) is 6.90. The number of hydrogen-bond donors (Lipinski definition) is 1. The smallest absolute Gasteiger partial charge is 0.269 e. The van der Waals surface area contributed by atoms with E-state index in [1.165, 1.54) is 12.4 Å². The Morgan fingerprint density at radius 2 is 1.95 bits per heavy atom. The molecule has 2 aliphatic rings. The molecule has 0 spiro atoms. The van der Waals surface area contributed by atoms with Crippen molar-refractivity contribution in [3.8, 4) is 11.8 Å². The van der Waals surface area contributed by atoms with E-state index in [9.17, 15) is 9.59 Å². The fourth-order valence-electron chi connectivity index (χ4n) is 4.81. The highest BCUT2D eigenvalue weighted by Crippen LogP contribution is 2.27. The first-order chi connectivity index (χ1) is 18.0. The summed E-state index contributed by atoms with van der Waals surface area (Å²) < 4.78 is 6.12. The van der Waals surface area contributed by atoms with Crippen LogP contribution in [0.25, 0.3) is 0 Å². The molecule has 1 unspecified atom stereocenters. The van der Waals surface area contributed by atoms with Crippen molar-refractivity contribution in [2.75, 3.05) is 49.1 Å². The number of amides is 1. The molecule has 2 aliphatic heterocycles. The molecule has 0 bridgehead atoms. The number of carbonyl (C=O) groups is 1. The summed E-state index contributed by atoms with van der Waals surface area (Å²) in [6.07, 6.45) is 6.68. The number of anilines is 2. The van der Waals surface area contributed by atoms with E-state index in [1.807, 2.05) is 28.0 Å². The molecule has 0 saturated carbocycles. The van der Waals surface area contributed by atoms with E-state index in [2.05, 4.69) is 25.1 Å². The van der Waals surface area contributed by atoms with Crippen molar-refractivity contribution >= 4 is 17.5 Å². The Labute approximate surface area is 214 Å². The highest BCUT2D eigenvalue weighted by atomic mass is 16.5. The van der Waals surface area contributed by atoms with E-state index >= 15 is 0 Å². The molecule has 0 radical (unpaired) electrons. The standard InChI is InChI=1S/C26H28N8O3/c1-18-23(16-30-31-24(18)35)34-7-3-5-21(34)17-37-22-6-2-4-20(12-22)25(36)32-8-10-33(11-9-32)26-28-14-19(13-27)15-29-26/h2,4,6,12,14-16,21H,3,5,7-11,17H2,1H3,(H,31,35). The first kappa shape index (κ1) is 24.2. The second kappa shape index (κ2) is 10.7. The van der Waals surface area contributed by atoms with Crippen LogP contribution in [0.4, 0.5) is 11.6 Å². The topological polar surface area (TPSA) is 131 Å². The van der Waals surface area contributed by atoms with Crippen molar-refractivity contribution in [1.82, 2.24) is 25.1 Å². The van der Waals surface area contributed by atoms with Gasteiger partial charge in [-0.2, -0.15) is 10.4 Å². The molecule has 37 heavy (non-hydrogen) atoms. The van der Waals surface area contributed by atoms with Gasteiger partial charge in [-0.25, -0.2) is 15.1 Å². The SMILES string of the molecule is Cc1c(N2CCCC2COc2cccc(C(=O)N3CCN(c4ncc(C#N)cn4)CC3)c2)cn[nH]c1=O. The first-order valence-corrected chi connectivity index (χ1v) is 12.3. The van der Waals surface area contributed by atoms with E-state index in [1.54, 1.807) is 25.3 Å². The summed E-state index contributed by atoms with van der Waals surface area (Å²) >= 11 is 0. The van der Waals surface area contributed by atoms with Crippen molar-refractivity contribution in [3.05, 3.63) is 69.9 Å². The summed E-state index contributed by atoms with van der Waals surface area (Å²) in [4.78, 5) is 39.7. The summed E-state index contributed by atoms with van der Waals surface area (Å²) in [6.45, 7) is 5.43. The van der Waals surface area contributed by atoms with Crippen molar-refractivity contribution in [3.63, 3.8) is 0 Å². The lowest BCUT2D eigenvalue weighted by atomic mass is 10.1. The summed E-state index contributed by atoms with van der Waals surface area (Å²) in [7, 11) is 0. The third-order valence-electron chi connectivity index (χ3n) is 6.90. The van der Waals surface area contributed by atoms with Gasteiger partial charge in [0, 0.05) is 43.9 Å². The Morgan fingerprint density at radius 3 is 2.70 bits per heavy atom. The molecule has 1 amide bonds. The van der Waals surface area contributed by atoms with Crippen LogP contribution in [-0.4, -0.2) is 76.3 Å². The molecule has 2 aromatic heterocycles. The van der Waals surface area contributed by atoms with Gasteiger partial charge in [0.05, 0.1) is 35.9 Å². The minimum Gasteiger partial charge on any atom is -0.491 e. The van der Waals surface area contributed by atoms with Gasteiger partial charge < -0.3 is 19.4 Å². The highest BCUT2D eigenvalue weighted by molar-refractivity contribution is 5.94. The van der Waals surface area contributed by atoms with Gasteiger partial charge in [-0.1, -0.05) is 6.07 Å². The number of carbonyl (C=O) groups excluding carboxylic acids is 1. The first-order valence-electron chi connectivity index (χ1n) is 12.3. The average molecular weight is 501 g/mol. The zero-order valence-corrected chi connectivity index (χ0v) is 20.6. The summed E-state index contributed by atoms with van der Waals surface area (Å²) in [5, 5.41) is 15.4. The Bertz CT molecular complexity index is 1360. The lowest BCUT2D eigenvalue weighted by Crippen LogP contribution is -2.49. The predicted molar refractivity (Wildman–Crippen MR) is 137 cm³/mol. The van der Waals surface area contributed by atoms with Crippen LogP contribution in [0, 0.1) is 18.3 Å². The second-order valence-corrected chi connectivity index (χ2v) is 9.20. The van der Waals surface area contributed by atoms with E-state index < -0.39 is 0 Å². The lowest BCUT2D eigenvalue weighted by Gasteiger charge is -2.34. The van der Waals surface area contributed by atoms with Gasteiger partial charge in [0.25, 0.3) is 11.5 Å². The van der Waals surface area contributed by atoms with Crippen molar-refractivity contribution in [2.45, 2.75) is 25.8 Å². The van der Waals surface area contributed by atoms with E-state index in [-0.39, 0.29) is 17.5 Å². The largest absolute Gasteiger partial charge is 0.491 e. The van der Waals surface area contributed by atoms with Gasteiger partial charge in [-0.05, 0) is 38.0 Å². The molecule has 1 aromatic carbocycles. The van der Waals surface area contributed by atoms with Crippen molar-refractivity contribution in [1.29, 1.82) is 5.26 Å². The van der Waals surface area contributed by atoms with Crippen molar-refractivity contribution in [2.24, 2.45) is 0 Å². The maximum absolute atomic E-state index is 13.2. The number of piperazine rings is 1. The van der Waals surface area contributed by atoms with Crippen LogP contribution in [0.3, 0.4) is 0 Å². The van der Waals surface area contributed by atoms with Crippen LogP contribution in [0.5, 0.6) is 5.75 Å². The Kier molecular flexibility index (Phi) is 6.98. The van der Waals surface area contributed by atoms with Gasteiger partial charge in [-0.15, -0.1) is 0 Å². The fraction of sp³-hybridized carbons (Fsp3) is 0.385. The van der Waals surface area contributed by atoms with Crippen LogP contribution in [0.2, 0.25) is 0 Å². The number of aromatic nitrogens is 4. The van der Waals surface area contributed by atoms with Crippen LogP contribution in [-0.2, 0) is 0 Å². The molecule has 3 aromatic rings. The number of nitriles is 1. The molecule has 11 heteroatoms. The molecule has 11 nitrogen and oxygen atoms in total. The van der Waals surface area contributed by atoms with E-state index in [0.29, 0.717) is 61.2 Å². The normalized spacial score (nSPS) is 17.5. The van der Waals surface area contributed by atoms with E-state index in [4.69, 9.17) is 10.00 Å². The number of nitrogens with one attached hydrogen (secondary N) is 1. The number of ether oxygens (including phenoxy) is 1. The van der Waals surface area contributed by atoms with Crippen LogP contribution < -0.4 is 20.1 Å². The Balaban J connectivity index is 1.18. The zero-order valence-electron chi connectivity index (χ0n) is 20.6. The molecule has 1 atom stereocenters. The number of H-pyrrole nitrogens is 1. The number of nitrogens with zero attached hydrogens (tertiary/aromatic N) is 7. The molecular weight excluding hydrogens is 472 g/mol. The maximum Gasteiger partial charge on any atom is 0.269 e. The molecule has 0 aliphatic carbocycles. The molecule has 5 rings (SSSR count). The predicted octanol–water partition coefficient (Wildman–Crippen LogP) is 1.75.